The highest BCUT2D eigenvalue weighted by atomic mass is 35.5. The molecule has 1 aliphatic carbocycles. The third-order valence-corrected chi connectivity index (χ3v) is 7.10. The number of imidazole rings is 1. The van der Waals surface area contributed by atoms with Crippen molar-refractivity contribution in [2.45, 2.75) is 51.0 Å². The third kappa shape index (κ3) is 3.26. The highest BCUT2D eigenvalue weighted by Gasteiger charge is 2.38. The van der Waals surface area contributed by atoms with Crippen LogP contribution in [0, 0.1) is 5.41 Å². The van der Waals surface area contributed by atoms with E-state index in [1.165, 1.54) is 19.3 Å². The predicted octanol–water partition coefficient (Wildman–Crippen LogP) is 3.08. The van der Waals surface area contributed by atoms with E-state index in [9.17, 15) is 9.59 Å². The number of carbonyl (C=O) groups is 1. The molecule has 0 unspecified atom stereocenters. The average Bonchev–Trinajstić information content (AvgIpc) is 3.41. The topological polar surface area (TPSA) is 70.1 Å². The standard InChI is InChI=1S/C21H28N4O2.ClH/c26-19(24-11-8-21(9-12-24)7-10-22-14-21)15-5-6-18-17(13-15)23-20(27)25(18)16-3-1-2-4-16;/h5-6,13,16,22H,1-4,7-12,14H2,(H,23,27);1H. The molecule has 5 rings (SSSR count). The number of benzene rings is 1. The molecule has 1 spiro atoms. The van der Waals surface area contributed by atoms with E-state index in [1.54, 1.807) is 0 Å². The van der Waals surface area contributed by atoms with E-state index in [0.29, 0.717) is 17.0 Å². The zero-order chi connectivity index (χ0) is 18.4. The van der Waals surface area contributed by atoms with E-state index in [1.807, 2.05) is 27.7 Å². The molecule has 2 N–H and O–H groups in total. The van der Waals surface area contributed by atoms with Crippen LogP contribution >= 0.6 is 12.4 Å². The molecule has 3 fully saturated rings. The zero-order valence-electron chi connectivity index (χ0n) is 16.2. The zero-order valence-corrected chi connectivity index (χ0v) is 17.0. The first-order chi connectivity index (χ1) is 13.2. The average molecular weight is 405 g/mol. The van der Waals surface area contributed by atoms with Gasteiger partial charge in [0.15, 0.2) is 0 Å². The first-order valence-electron chi connectivity index (χ1n) is 10.4. The number of carbonyl (C=O) groups excluding carboxylic acids is 1. The highest BCUT2D eigenvalue weighted by molar-refractivity contribution is 5.97. The number of amides is 1. The molecule has 28 heavy (non-hydrogen) atoms. The Morgan fingerprint density at radius 3 is 2.54 bits per heavy atom. The summed E-state index contributed by atoms with van der Waals surface area (Å²) in [6.45, 7) is 3.86. The Morgan fingerprint density at radius 2 is 1.86 bits per heavy atom. The van der Waals surface area contributed by atoms with Crippen LogP contribution in [-0.4, -0.2) is 46.5 Å². The highest BCUT2D eigenvalue weighted by Crippen LogP contribution is 2.37. The number of fused-ring (bicyclic) bond motifs is 1. The summed E-state index contributed by atoms with van der Waals surface area (Å²) in [5, 5.41) is 3.47. The maximum absolute atomic E-state index is 13.0. The number of rotatable bonds is 2. The fourth-order valence-corrected chi connectivity index (χ4v) is 5.38. The van der Waals surface area contributed by atoms with Crippen molar-refractivity contribution in [1.29, 1.82) is 0 Å². The molecule has 6 nitrogen and oxygen atoms in total. The minimum Gasteiger partial charge on any atom is -0.339 e. The molecule has 3 heterocycles. The van der Waals surface area contributed by atoms with Crippen molar-refractivity contribution < 1.29 is 4.79 Å². The fraction of sp³-hybridized carbons (Fsp3) is 0.619. The number of aromatic amines is 1. The van der Waals surface area contributed by atoms with Crippen LogP contribution in [0.4, 0.5) is 0 Å². The summed E-state index contributed by atoms with van der Waals surface area (Å²) in [5.74, 6) is 0.0900. The van der Waals surface area contributed by atoms with Gasteiger partial charge in [0.1, 0.15) is 0 Å². The number of halogens is 1. The van der Waals surface area contributed by atoms with Gasteiger partial charge in [-0.3, -0.25) is 9.36 Å². The summed E-state index contributed by atoms with van der Waals surface area (Å²) in [4.78, 5) is 30.4. The van der Waals surface area contributed by atoms with Crippen LogP contribution in [0.25, 0.3) is 11.0 Å². The normalized spacial score (nSPS) is 22.1. The van der Waals surface area contributed by atoms with Crippen LogP contribution in [0.5, 0.6) is 0 Å². The number of H-pyrrole nitrogens is 1. The van der Waals surface area contributed by atoms with Gasteiger partial charge in [0.2, 0.25) is 0 Å². The first-order valence-corrected chi connectivity index (χ1v) is 10.4. The Bertz CT molecular complexity index is 912. The largest absolute Gasteiger partial charge is 0.339 e. The molecule has 1 aromatic carbocycles. The minimum atomic E-state index is -0.0462. The van der Waals surface area contributed by atoms with Gasteiger partial charge in [0.05, 0.1) is 11.0 Å². The number of nitrogens with zero attached hydrogens (tertiary/aromatic N) is 2. The van der Waals surface area contributed by atoms with E-state index >= 15 is 0 Å². The van der Waals surface area contributed by atoms with Gasteiger partial charge in [0.25, 0.3) is 5.91 Å². The third-order valence-electron chi connectivity index (χ3n) is 7.10. The van der Waals surface area contributed by atoms with Gasteiger partial charge in [-0.25, -0.2) is 4.79 Å². The molecule has 2 aliphatic heterocycles. The van der Waals surface area contributed by atoms with E-state index in [4.69, 9.17) is 0 Å². The van der Waals surface area contributed by atoms with Crippen LogP contribution in [0.3, 0.4) is 0 Å². The Morgan fingerprint density at radius 1 is 1.11 bits per heavy atom. The van der Waals surface area contributed by atoms with Crippen LogP contribution in [-0.2, 0) is 0 Å². The molecule has 152 valence electrons. The van der Waals surface area contributed by atoms with Crippen LogP contribution in [0.15, 0.2) is 23.0 Å². The number of piperidine rings is 1. The molecule has 0 atom stereocenters. The van der Waals surface area contributed by atoms with Gasteiger partial charge in [-0.1, -0.05) is 12.8 Å². The maximum atomic E-state index is 13.0. The second-order valence-electron chi connectivity index (χ2n) is 8.69. The lowest BCUT2D eigenvalue weighted by Crippen LogP contribution is -2.44. The molecule has 3 aliphatic rings. The van der Waals surface area contributed by atoms with Crippen molar-refractivity contribution in [3.8, 4) is 0 Å². The van der Waals surface area contributed by atoms with Gasteiger partial charge in [-0.2, -0.15) is 0 Å². The molecule has 1 aromatic heterocycles. The molecule has 0 bridgehead atoms. The second-order valence-corrected chi connectivity index (χ2v) is 8.69. The predicted molar refractivity (Wildman–Crippen MR) is 112 cm³/mol. The smallest absolute Gasteiger partial charge is 0.326 e. The van der Waals surface area contributed by atoms with Crippen molar-refractivity contribution in [3.63, 3.8) is 0 Å². The quantitative estimate of drug-likeness (QED) is 0.808. The summed E-state index contributed by atoms with van der Waals surface area (Å²) in [7, 11) is 0. The van der Waals surface area contributed by atoms with Crippen LogP contribution in [0.1, 0.15) is 61.3 Å². The Kier molecular flexibility index (Phi) is 5.27. The molecule has 0 radical (unpaired) electrons. The van der Waals surface area contributed by atoms with Gasteiger partial charge in [-0.05, 0) is 62.3 Å². The van der Waals surface area contributed by atoms with Gasteiger partial charge in [-0.15, -0.1) is 12.4 Å². The SMILES string of the molecule is Cl.O=C(c1ccc2c(c1)[nH]c(=O)n2C1CCCC1)N1CCC2(CCNC2)CC1. The van der Waals surface area contributed by atoms with Crippen LogP contribution in [0.2, 0.25) is 0 Å². The number of nitrogens with one attached hydrogen (secondary N) is 2. The maximum Gasteiger partial charge on any atom is 0.326 e. The molecular weight excluding hydrogens is 376 g/mol. The first kappa shape index (κ1) is 19.5. The molecule has 7 heteroatoms. The van der Waals surface area contributed by atoms with Crippen molar-refractivity contribution in [2.24, 2.45) is 5.41 Å². The van der Waals surface area contributed by atoms with E-state index in [2.05, 4.69) is 10.3 Å². The lowest BCUT2D eigenvalue weighted by atomic mass is 9.78. The van der Waals surface area contributed by atoms with Gasteiger partial charge in [0, 0.05) is 31.2 Å². The minimum absolute atomic E-state index is 0. The molecule has 2 aromatic rings. The molecule has 1 amide bonds. The number of hydrogen-bond acceptors (Lipinski definition) is 3. The summed E-state index contributed by atoms with van der Waals surface area (Å²) < 4.78 is 1.90. The van der Waals surface area contributed by atoms with E-state index in [0.717, 1.165) is 62.9 Å². The van der Waals surface area contributed by atoms with Crippen LogP contribution < -0.4 is 11.0 Å². The Balaban J connectivity index is 0.00000192. The monoisotopic (exact) mass is 404 g/mol. The summed E-state index contributed by atoms with van der Waals surface area (Å²) in [5.41, 5.74) is 2.76. The van der Waals surface area contributed by atoms with Crippen molar-refractivity contribution in [3.05, 3.63) is 34.2 Å². The van der Waals surface area contributed by atoms with Crippen molar-refractivity contribution in [2.75, 3.05) is 26.2 Å². The second kappa shape index (κ2) is 7.56. The number of likely N-dealkylation sites (tertiary alicyclic amines) is 1. The van der Waals surface area contributed by atoms with E-state index < -0.39 is 0 Å². The Labute approximate surface area is 171 Å². The van der Waals surface area contributed by atoms with Crippen molar-refractivity contribution in [1.82, 2.24) is 19.8 Å². The summed E-state index contributed by atoms with van der Waals surface area (Å²) in [6.07, 6.45) is 7.91. The van der Waals surface area contributed by atoms with Gasteiger partial charge >= 0.3 is 5.69 Å². The van der Waals surface area contributed by atoms with Gasteiger partial charge < -0.3 is 15.2 Å². The fourth-order valence-electron chi connectivity index (χ4n) is 5.38. The summed E-state index contributed by atoms with van der Waals surface area (Å²) >= 11 is 0. The molecule has 1 saturated carbocycles. The molecular formula is C21H29ClN4O2. The number of aromatic nitrogens is 2. The number of hydrogen-bond donors (Lipinski definition) is 2. The lowest BCUT2D eigenvalue weighted by molar-refractivity contribution is 0.0608. The van der Waals surface area contributed by atoms with Crippen molar-refractivity contribution >= 4 is 29.3 Å². The molecule has 2 saturated heterocycles. The Hall–Kier alpha value is -1.79. The summed E-state index contributed by atoms with van der Waals surface area (Å²) in [6, 6.07) is 6.01. The van der Waals surface area contributed by atoms with E-state index in [-0.39, 0.29) is 24.0 Å². The lowest BCUT2D eigenvalue weighted by Gasteiger charge is -2.38.